The van der Waals surface area contributed by atoms with E-state index in [1.807, 2.05) is 18.2 Å². The lowest BCUT2D eigenvalue weighted by Crippen LogP contribution is -1.98. The molecule has 0 bridgehead atoms. The van der Waals surface area contributed by atoms with Crippen LogP contribution in [-0.2, 0) is 4.79 Å². The molecule has 1 saturated carbocycles. The maximum Gasteiger partial charge on any atom is 0.307 e. The maximum atomic E-state index is 10.7. The fourth-order valence-electron chi connectivity index (χ4n) is 1.94. The quantitative estimate of drug-likeness (QED) is 0.810. The van der Waals surface area contributed by atoms with Gasteiger partial charge in [0.25, 0.3) is 0 Å². The van der Waals surface area contributed by atoms with Crippen LogP contribution < -0.4 is 0 Å². The molecule has 3 rings (SSSR count). The summed E-state index contributed by atoms with van der Waals surface area (Å²) >= 11 is 0. The van der Waals surface area contributed by atoms with Crippen molar-refractivity contribution in [2.75, 3.05) is 0 Å². The summed E-state index contributed by atoms with van der Waals surface area (Å²) in [6, 6.07) is 5.68. The number of oxazole rings is 1. The molecule has 1 heterocycles. The fraction of sp³-hybridized carbons (Fsp3) is 0.273. The Morgan fingerprint density at radius 2 is 2.40 bits per heavy atom. The van der Waals surface area contributed by atoms with E-state index in [2.05, 4.69) is 4.98 Å². The minimum atomic E-state index is -0.710. The number of aromatic nitrogens is 1. The van der Waals surface area contributed by atoms with Crippen molar-refractivity contribution in [3.8, 4) is 0 Å². The summed E-state index contributed by atoms with van der Waals surface area (Å²) in [5, 5.41) is 8.82. The molecule has 1 aliphatic rings. The van der Waals surface area contributed by atoms with Gasteiger partial charge in [0.05, 0.1) is 5.92 Å². The summed E-state index contributed by atoms with van der Waals surface area (Å²) in [6.45, 7) is 0. The second-order valence-corrected chi connectivity index (χ2v) is 3.87. The topological polar surface area (TPSA) is 63.3 Å². The summed E-state index contributed by atoms with van der Waals surface area (Å²) in [4.78, 5) is 14.7. The van der Waals surface area contributed by atoms with Gasteiger partial charge in [-0.05, 0) is 30.0 Å². The number of carboxylic acid groups (broad SMARTS) is 1. The van der Waals surface area contributed by atoms with Gasteiger partial charge < -0.3 is 9.52 Å². The van der Waals surface area contributed by atoms with Crippen molar-refractivity contribution in [1.29, 1.82) is 0 Å². The summed E-state index contributed by atoms with van der Waals surface area (Å²) in [5.41, 5.74) is 2.57. The zero-order valence-electron chi connectivity index (χ0n) is 7.88. The summed E-state index contributed by atoms with van der Waals surface area (Å²) in [7, 11) is 0. The molecule has 1 aromatic carbocycles. The third-order valence-electron chi connectivity index (χ3n) is 2.89. The largest absolute Gasteiger partial charge is 0.481 e. The zero-order chi connectivity index (χ0) is 10.4. The number of rotatable bonds is 2. The molecule has 2 aromatic rings. The Balaban J connectivity index is 1.96. The molecule has 0 amide bonds. The molecule has 76 valence electrons. The number of aliphatic carboxylic acids is 1. The van der Waals surface area contributed by atoms with Gasteiger partial charge in [-0.1, -0.05) is 6.07 Å². The van der Waals surface area contributed by atoms with Gasteiger partial charge >= 0.3 is 5.97 Å². The molecular weight excluding hydrogens is 194 g/mol. The van der Waals surface area contributed by atoms with Crippen molar-refractivity contribution in [3.63, 3.8) is 0 Å². The van der Waals surface area contributed by atoms with Crippen molar-refractivity contribution < 1.29 is 14.3 Å². The van der Waals surface area contributed by atoms with Crippen LogP contribution in [0.15, 0.2) is 29.0 Å². The molecule has 0 spiro atoms. The molecule has 4 heteroatoms. The molecule has 15 heavy (non-hydrogen) atoms. The first-order chi connectivity index (χ1) is 7.25. The number of benzene rings is 1. The van der Waals surface area contributed by atoms with E-state index < -0.39 is 5.97 Å². The molecule has 1 N–H and O–H groups in total. The van der Waals surface area contributed by atoms with Gasteiger partial charge in [0.2, 0.25) is 0 Å². The Hall–Kier alpha value is -1.84. The van der Waals surface area contributed by atoms with Crippen LogP contribution in [0.5, 0.6) is 0 Å². The van der Waals surface area contributed by atoms with Crippen LogP contribution in [0.3, 0.4) is 0 Å². The average Bonchev–Trinajstić information content (AvgIpc) is 2.89. The third kappa shape index (κ3) is 1.29. The van der Waals surface area contributed by atoms with E-state index in [4.69, 9.17) is 9.52 Å². The number of carbonyl (C=O) groups is 1. The Morgan fingerprint density at radius 1 is 1.53 bits per heavy atom. The molecule has 1 aliphatic carbocycles. The molecule has 1 fully saturated rings. The fourth-order valence-corrected chi connectivity index (χ4v) is 1.94. The van der Waals surface area contributed by atoms with Crippen molar-refractivity contribution in [3.05, 3.63) is 30.2 Å². The Morgan fingerprint density at radius 3 is 3.13 bits per heavy atom. The summed E-state index contributed by atoms with van der Waals surface area (Å²) < 4.78 is 5.17. The average molecular weight is 203 g/mol. The van der Waals surface area contributed by atoms with E-state index in [0.717, 1.165) is 23.1 Å². The molecule has 2 atom stereocenters. The van der Waals surface area contributed by atoms with Gasteiger partial charge in [-0.3, -0.25) is 4.79 Å². The van der Waals surface area contributed by atoms with Crippen LogP contribution in [0, 0.1) is 5.92 Å². The van der Waals surface area contributed by atoms with Gasteiger partial charge in [-0.15, -0.1) is 0 Å². The first-order valence-electron chi connectivity index (χ1n) is 4.81. The second kappa shape index (κ2) is 2.82. The molecule has 1 aromatic heterocycles. The van der Waals surface area contributed by atoms with Gasteiger partial charge in [-0.25, -0.2) is 4.98 Å². The number of hydrogen-bond acceptors (Lipinski definition) is 3. The maximum absolute atomic E-state index is 10.7. The van der Waals surface area contributed by atoms with Gasteiger partial charge in [0, 0.05) is 0 Å². The minimum Gasteiger partial charge on any atom is -0.481 e. The van der Waals surface area contributed by atoms with Crippen LogP contribution in [0.25, 0.3) is 11.1 Å². The van der Waals surface area contributed by atoms with Crippen molar-refractivity contribution in [2.45, 2.75) is 12.3 Å². The van der Waals surface area contributed by atoms with Crippen molar-refractivity contribution in [2.24, 2.45) is 5.92 Å². The SMILES string of the molecule is O=C(O)C1CC1c1ccc2ncoc2c1. The van der Waals surface area contributed by atoms with E-state index in [-0.39, 0.29) is 11.8 Å². The summed E-state index contributed by atoms with van der Waals surface area (Å²) in [5.74, 6) is -0.778. The Labute approximate surface area is 85.5 Å². The highest BCUT2D eigenvalue weighted by Gasteiger charge is 2.44. The van der Waals surface area contributed by atoms with Crippen LogP contribution in [0.4, 0.5) is 0 Å². The third-order valence-corrected chi connectivity index (χ3v) is 2.89. The van der Waals surface area contributed by atoms with Crippen LogP contribution >= 0.6 is 0 Å². The first-order valence-corrected chi connectivity index (χ1v) is 4.81. The van der Waals surface area contributed by atoms with E-state index in [1.54, 1.807) is 0 Å². The Kier molecular flexibility index (Phi) is 1.59. The second-order valence-electron chi connectivity index (χ2n) is 3.87. The highest BCUT2D eigenvalue weighted by Crippen LogP contribution is 2.47. The first kappa shape index (κ1) is 8.47. The zero-order valence-corrected chi connectivity index (χ0v) is 7.88. The van der Waals surface area contributed by atoms with E-state index >= 15 is 0 Å². The van der Waals surface area contributed by atoms with E-state index in [1.165, 1.54) is 6.39 Å². The molecular formula is C11H9NO3. The van der Waals surface area contributed by atoms with Gasteiger partial charge in [0.15, 0.2) is 12.0 Å². The normalized spacial score (nSPS) is 24.3. The minimum absolute atomic E-state index is 0.150. The molecule has 4 nitrogen and oxygen atoms in total. The predicted molar refractivity (Wildman–Crippen MR) is 52.5 cm³/mol. The van der Waals surface area contributed by atoms with Crippen LogP contribution in [-0.4, -0.2) is 16.1 Å². The van der Waals surface area contributed by atoms with Crippen LogP contribution in [0.2, 0.25) is 0 Å². The monoisotopic (exact) mass is 203 g/mol. The smallest absolute Gasteiger partial charge is 0.307 e. The lowest BCUT2D eigenvalue weighted by Gasteiger charge is -1.97. The number of carboxylic acids is 1. The van der Waals surface area contributed by atoms with Gasteiger partial charge in [-0.2, -0.15) is 0 Å². The lowest BCUT2D eigenvalue weighted by molar-refractivity contribution is -0.138. The Bertz CT molecular complexity index is 531. The highest BCUT2D eigenvalue weighted by molar-refractivity contribution is 5.77. The lowest BCUT2D eigenvalue weighted by atomic mass is 10.1. The number of nitrogens with zero attached hydrogens (tertiary/aromatic N) is 1. The molecule has 0 radical (unpaired) electrons. The molecule has 0 saturated heterocycles. The molecule has 0 aliphatic heterocycles. The summed E-state index contributed by atoms with van der Waals surface area (Å²) in [6.07, 6.45) is 2.13. The standard InChI is InChI=1S/C11H9NO3/c13-11(14)8-4-7(8)6-1-2-9-10(3-6)15-5-12-9/h1-3,5,7-8H,4H2,(H,13,14). The molecule has 2 unspecified atom stereocenters. The van der Waals surface area contributed by atoms with Gasteiger partial charge in [0.1, 0.15) is 5.52 Å². The number of hydrogen-bond donors (Lipinski definition) is 1. The predicted octanol–water partition coefficient (Wildman–Crippen LogP) is 2.02. The van der Waals surface area contributed by atoms with E-state index in [0.29, 0.717) is 0 Å². The van der Waals surface area contributed by atoms with Crippen molar-refractivity contribution in [1.82, 2.24) is 4.98 Å². The highest BCUT2D eigenvalue weighted by atomic mass is 16.4. The van der Waals surface area contributed by atoms with Crippen LogP contribution in [0.1, 0.15) is 17.9 Å². The number of fused-ring (bicyclic) bond motifs is 1. The van der Waals surface area contributed by atoms with Crippen molar-refractivity contribution >= 4 is 17.1 Å². The van der Waals surface area contributed by atoms with E-state index in [9.17, 15) is 4.79 Å².